The Bertz CT molecular complexity index is 1440. The van der Waals surface area contributed by atoms with Crippen molar-refractivity contribution in [2.45, 2.75) is 76.9 Å². The van der Waals surface area contributed by atoms with E-state index in [4.69, 9.17) is 14.6 Å². The molecule has 1 fully saturated rings. The van der Waals surface area contributed by atoms with Gasteiger partial charge in [0, 0.05) is 38.9 Å². The smallest absolute Gasteiger partial charge is 0.412 e. The highest BCUT2D eigenvalue weighted by Crippen LogP contribution is 2.19. The van der Waals surface area contributed by atoms with Gasteiger partial charge in [-0.05, 0) is 38.3 Å². The van der Waals surface area contributed by atoms with E-state index >= 15 is 0 Å². The quantitative estimate of drug-likeness (QED) is 0.139. The molecule has 15 nitrogen and oxygen atoms in total. The van der Waals surface area contributed by atoms with Crippen LogP contribution in [-0.4, -0.2) is 102 Å². The van der Waals surface area contributed by atoms with Gasteiger partial charge >= 0.3 is 12.1 Å². The Balaban J connectivity index is 1.61. The number of rotatable bonds is 17. The lowest BCUT2D eigenvalue weighted by atomic mass is 10.1. The third kappa shape index (κ3) is 14.6. The molecule has 0 radical (unpaired) electrons. The van der Waals surface area contributed by atoms with Crippen molar-refractivity contribution >= 4 is 35.7 Å². The van der Waals surface area contributed by atoms with Crippen molar-refractivity contribution in [3.8, 4) is 0 Å². The van der Waals surface area contributed by atoms with Gasteiger partial charge in [-0.15, -0.1) is 0 Å². The lowest BCUT2D eigenvalue weighted by molar-refractivity contribution is -0.138. The molecule has 6 N–H and O–H groups in total. The lowest BCUT2D eigenvalue weighted by Crippen LogP contribution is -2.55. The molecular weight excluding hydrogens is 648 g/mol. The van der Waals surface area contributed by atoms with Crippen LogP contribution in [0.4, 0.5) is 4.79 Å². The number of amides is 5. The summed E-state index contributed by atoms with van der Waals surface area (Å²) >= 11 is 0. The molecule has 15 heteroatoms. The van der Waals surface area contributed by atoms with Crippen LogP contribution in [0.5, 0.6) is 0 Å². The van der Waals surface area contributed by atoms with Crippen molar-refractivity contribution in [3.63, 3.8) is 0 Å². The molecule has 50 heavy (non-hydrogen) atoms. The zero-order chi connectivity index (χ0) is 36.5. The Morgan fingerprint density at radius 1 is 0.860 bits per heavy atom. The van der Waals surface area contributed by atoms with Crippen molar-refractivity contribution in [1.29, 1.82) is 0 Å². The van der Waals surface area contributed by atoms with Crippen molar-refractivity contribution < 1.29 is 43.3 Å². The van der Waals surface area contributed by atoms with Gasteiger partial charge in [-0.1, -0.05) is 60.7 Å². The molecule has 0 aromatic heterocycles. The first-order valence-electron chi connectivity index (χ1n) is 16.6. The van der Waals surface area contributed by atoms with Gasteiger partial charge in [0.25, 0.3) is 0 Å². The average Bonchev–Trinajstić information content (AvgIpc) is 3.08. The molecule has 0 spiro atoms. The van der Waals surface area contributed by atoms with Gasteiger partial charge in [-0.3, -0.25) is 28.9 Å². The van der Waals surface area contributed by atoms with Gasteiger partial charge in [0.1, 0.15) is 30.5 Å². The minimum atomic E-state index is -1.24. The number of carboxylic acid groups (broad SMARTS) is 1. The average molecular weight is 697 g/mol. The summed E-state index contributed by atoms with van der Waals surface area (Å²) < 4.78 is 11.3. The van der Waals surface area contributed by atoms with Crippen LogP contribution in [0.1, 0.15) is 51.2 Å². The highest BCUT2D eigenvalue weighted by atomic mass is 16.6. The zero-order valence-corrected chi connectivity index (χ0v) is 28.7. The van der Waals surface area contributed by atoms with Crippen LogP contribution in [0.25, 0.3) is 0 Å². The second-order valence-electron chi connectivity index (χ2n) is 12.8. The molecule has 1 unspecified atom stereocenters. The normalized spacial score (nSPS) is 15.6. The van der Waals surface area contributed by atoms with E-state index in [0.29, 0.717) is 26.1 Å². The summed E-state index contributed by atoms with van der Waals surface area (Å²) in [5.41, 5.74) is 0.989. The molecule has 1 aliphatic heterocycles. The molecule has 0 aliphatic carbocycles. The minimum absolute atomic E-state index is 0.0340. The van der Waals surface area contributed by atoms with E-state index in [1.165, 1.54) is 4.90 Å². The number of ether oxygens (including phenoxy) is 2. The van der Waals surface area contributed by atoms with Crippen molar-refractivity contribution in [2.24, 2.45) is 0 Å². The van der Waals surface area contributed by atoms with Crippen LogP contribution < -0.4 is 26.6 Å². The largest absolute Gasteiger partial charge is 0.480 e. The number of nitrogens with one attached hydrogen (secondary N) is 5. The summed E-state index contributed by atoms with van der Waals surface area (Å²) in [4.78, 5) is 77.2. The molecule has 3 atom stereocenters. The summed E-state index contributed by atoms with van der Waals surface area (Å²) in [5, 5.41) is 22.2. The third-order valence-corrected chi connectivity index (χ3v) is 7.39. The number of carboxylic acids is 1. The molecule has 0 bridgehead atoms. The highest BCUT2D eigenvalue weighted by Gasteiger charge is 2.32. The number of aliphatic carboxylic acids is 1. The van der Waals surface area contributed by atoms with E-state index in [2.05, 4.69) is 26.6 Å². The number of benzene rings is 2. The maximum absolute atomic E-state index is 13.3. The van der Waals surface area contributed by atoms with Gasteiger partial charge in [-0.25, -0.2) is 4.79 Å². The Labute approximate surface area is 291 Å². The first-order chi connectivity index (χ1) is 23.8. The van der Waals surface area contributed by atoms with Gasteiger partial charge in [0.05, 0.1) is 13.2 Å². The molecule has 3 rings (SSSR count). The Morgan fingerprint density at radius 3 is 2.10 bits per heavy atom. The van der Waals surface area contributed by atoms with E-state index in [1.54, 1.807) is 51.1 Å². The molecule has 2 aromatic carbocycles. The van der Waals surface area contributed by atoms with E-state index in [9.17, 15) is 28.8 Å². The zero-order valence-electron chi connectivity index (χ0n) is 28.7. The summed E-state index contributed by atoms with van der Waals surface area (Å²) in [7, 11) is 0. The lowest BCUT2D eigenvalue weighted by Gasteiger charge is -2.36. The Hall–Kier alpha value is -5.02. The first kappa shape index (κ1) is 39.4. The predicted octanol–water partition coefficient (Wildman–Crippen LogP) is 1.07. The topological polar surface area (TPSA) is 204 Å². The van der Waals surface area contributed by atoms with Gasteiger partial charge < -0.3 is 41.2 Å². The molecule has 5 amide bonds. The standard InChI is InChI=1S/C35H48N6O9/c1-35(2,3)50-34(48)41-17-10-18-49-30(41)16-15-28(42)40-27(21-36-20-25-13-8-5-9-14-25)33(47)37-22-29(43)39-26(32(46)38-23-31(44)45)19-24-11-6-4-7-12-24/h4-9,11-14,26-27,30,36H,10,15-23H2,1-3H3,(H,37,47)(H,38,46)(H,39,43)(H,40,42)(H,44,45)/t26-,27-,30?/m0/s1. The van der Waals surface area contributed by atoms with E-state index in [1.807, 2.05) is 30.3 Å². The van der Waals surface area contributed by atoms with Gasteiger partial charge in [-0.2, -0.15) is 0 Å². The summed E-state index contributed by atoms with van der Waals surface area (Å²) in [6, 6.07) is 16.1. The van der Waals surface area contributed by atoms with Crippen LogP contribution in [-0.2, 0) is 46.4 Å². The fraction of sp³-hybridized carbons (Fsp3) is 0.486. The number of carbonyl (C=O) groups is 6. The van der Waals surface area contributed by atoms with E-state index in [0.717, 1.165) is 11.1 Å². The maximum atomic E-state index is 13.3. The molecule has 1 aliphatic rings. The van der Waals surface area contributed by atoms with E-state index in [-0.39, 0.29) is 25.8 Å². The number of hydrogen-bond donors (Lipinski definition) is 6. The number of carbonyl (C=O) groups excluding carboxylic acids is 5. The monoisotopic (exact) mass is 696 g/mol. The molecule has 272 valence electrons. The molecule has 1 heterocycles. The second-order valence-corrected chi connectivity index (χ2v) is 12.8. The van der Waals surface area contributed by atoms with Gasteiger partial charge in [0.2, 0.25) is 23.6 Å². The fourth-order valence-electron chi connectivity index (χ4n) is 5.02. The van der Waals surface area contributed by atoms with Crippen LogP contribution >= 0.6 is 0 Å². The number of hydrogen-bond acceptors (Lipinski definition) is 9. The van der Waals surface area contributed by atoms with Crippen LogP contribution in [0, 0.1) is 0 Å². The third-order valence-electron chi connectivity index (χ3n) is 7.39. The van der Waals surface area contributed by atoms with Gasteiger partial charge in [0.15, 0.2) is 0 Å². The number of nitrogens with zero attached hydrogens (tertiary/aromatic N) is 1. The van der Waals surface area contributed by atoms with Crippen molar-refractivity contribution in [1.82, 2.24) is 31.5 Å². The first-order valence-corrected chi connectivity index (χ1v) is 16.6. The Morgan fingerprint density at radius 2 is 1.46 bits per heavy atom. The second kappa shape index (κ2) is 19.8. The minimum Gasteiger partial charge on any atom is -0.480 e. The molecule has 2 aromatic rings. The maximum Gasteiger partial charge on any atom is 0.412 e. The molecule has 0 saturated carbocycles. The molecular formula is C35H48N6O9. The summed E-state index contributed by atoms with van der Waals surface area (Å²) in [6.07, 6.45) is -0.373. The van der Waals surface area contributed by atoms with Crippen LogP contribution in [0.2, 0.25) is 0 Å². The van der Waals surface area contributed by atoms with Crippen molar-refractivity contribution in [3.05, 3.63) is 71.8 Å². The Kier molecular flexibility index (Phi) is 15.6. The fourth-order valence-corrected chi connectivity index (χ4v) is 5.02. The van der Waals surface area contributed by atoms with Crippen LogP contribution in [0.3, 0.4) is 0 Å². The van der Waals surface area contributed by atoms with Crippen molar-refractivity contribution in [2.75, 3.05) is 32.8 Å². The molecule has 1 saturated heterocycles. The summed E-state index contributed by atoms with van der Waals surface area (Å²) in [5.74, 6) is -3.74. The predicted molar refractivity (Wildman–Crippen MR) is 182 cm³/mol. The SMILES string of the molecule is CC(C)(C)OC(=O)N1CCCOC1CCC(=O)N[C@@H](CNCc1ccccc1)C(=O)NCC(=O)N[C@@H](Cc1ccccc1)C(=O)NCC(=O)O. The van der Waals surface area contributed by atoms with E-state index < -0.39 is 72.7 Å². The van der Waals surface area contributed by atoms with Crippen LogP contribution in [0.15, 0.2) is 60.7 Å². The summed E-state index contributed by atoms with van der Waals surface area (Å²) in [6.45, 7) is 5.45. The highest BCUT2D eigenvalue weighted by molar-refractivity contribution is 5.93.